The van der Waals surface area contributed by atoms with Gasteiger partial charge in [-0.05, 0) is 35.6 Å². The molecule has 1 aliphatic heterocycles. The first-order valence-corrected chi connectivity index (χ1v) is 15.0. The largest absolute Gasteiger partial charge is 0.496 e. The SMILES string of the molecule is COc1cc(-c2cccc(-c3cccc(-c4cnc(CN5CC(O)C5)c(OC)n4)c3Cl)c2Cl)cc2c1C[C@H](NCC(=O)O)C2. The maximum absolute atomic E-state index is 11.1. The van der Waals surface area contributed by atoms with Crippen molar-refractivity contribution in [2.24, 2.45) is 0 Å². The van der Waals surface area contributed by atoms with Crippen molar-refractivity contribution in [1.29, 1.82) is 0 Å². The van der Waals surface area contributed by atoms with E-state index in [0.717, 1.165) is 39.1 Å². The Morgan fingerprint density at radius 3 is 2.34 bits per heavy atom. The van der Waals surface area contributed by atoms with Gasteiger partial charge in [-0.15, -0.1) is 0 Å². The summed E-state index contributed by atoms with van der Waals surface area (Å²) < 4.78 is 11.3. The van der Waals surface area contributed by atoms with E-state index in [-0.39, 0.29) is 18.7 Å². The first-order chi connectivity index (χ1) is 21.2. The van der Waals surface area contributed by atoms with Crippen LogP contribution in [-0.4, -0.2) is 77.0 Å². The second-order valence-electron chi connectivity index (χ2n) is 11.1. The van der Waals surface area contributed by atoms with Crippen LogP contribution in [0, 0.1) is 0 Å². The standard InChI is InChI=1S/C33H32Cl2N4O5/c1-43-29-11-19(9-18-10-20(12-26(18)29)36-14-30(41)42)22-5-3-6-23(31(22)34)24-7-4-8-25(32(24)35)27-13-37-28(33(38-27)44-2)17-39-15-21(40)16-39/h3-9,11,13,20-21,36,40H,10,12,14-17H2,1-2H3,(H,41,42)/t20-/m1/s1. The topological polar surface area (TPSA) is 117 Å². The molecule has 2 aliphatic rings. The zero-order chi connectivity index (χ0) is 31.0. The number of carboxylic acids is 1. The summed E-state index contributed by atoms with van der Waals surface area (Å²) in [5, 5.41) is 22.8. The maximum atomic E-state index is 11.1. The normalized spacial score (nSPS) is 16.4. The Bertz CT molecular complexity index is 1730. The van der Waals surface area contributed by atoms with Crippen LogP contribution in [0.3, 0.4) is 0 Å². The minimum Gasteiger partial charge on any atom is -0.496 e. The second-order valence-corrected chi connectivity index (χ2v) is 11.8. The zero-order valence-electron chi connectivity index (χ0n) is 24.3. The molecule has 228 valence electrons. The number of carbonyl (C=O) groups is 1. The Hall–Kier alpha value is -3.73. The number of nitrogens with one attached hydrogen (secondary N) is 1. The molecule has 1 atom stereocenters. The molecule has 0 unspecified atom stereocenters. The average molecular weight is 636 g/mol. The van der Waals surface area contributed by atoms with Gasteiger partial charge in [-0.25, -0.2) is 4.98 Å². The molecular formula is C33H32Cl2N4O5. The monoisotopic (exact) mass is 634 g/mol. The van der Waals surface area contributed by atoms with E-state index in [1.807, 2.05) is 42.5 Å². The number of carboxylic acid groups (broad SMARTS) is 1. The summed E-state index contributed by atoms with van der Waals surface area (Å²) in [5.41, 5.74) is 7.39. The van der Waals surface area contributed by atoms with E-state index < -0.39 is 5.97 Å². The van der Waals surface area contributed by atoms with Crippen molar-refractivity contribution >= 4 is 29.2 Å². The lowest BCUT2D eigenvalue weighted by molar-refractivity contribution is -0.136. The summed E-state index contributed by atoms with van der Waals surface area (Å²) in [5.74, 6) is 0.281. The van der Waals surface area contributed by atoms with Crippen molar-refractivity contribution < 1.29 is 24.5 Å². The number of halogens is 2. The second kappa shape index (κ2) is 12.7. The molecule has 1 saturated heterocycles. The first kappa shape index (κ1) is 30.3. The molecule has 0 radical (unpaired) electrons. The summed E-state index contributed by atoms with van der Waals surface area (Å²) in [6.45, 7) is 1.65. The highest BCUT2D eigenvalue weighted by molar-refractivity contribution is 6.39. The predicted octanol–water partition coefficient (Wildman–Crippen LogP) is 5.12. The summed E-state index contributed by atoms with van der Waals surface area (Å²) in [7, 11) is 3.20. The highest BCUT2D eigenvalue weighted by Crippen LogP contribution is 2.44. The van der Waals surface area contributed by atoms with Gasteiger partial charge >= 0.3 is 5.97 Å². The number of ether oxygens (including phenoxy) is 2. The minimum absolute atomic E-state index is 0.0213. The number of hydrogen-bond donors (Lipinski definition) is 3. The highest BCUT2D eigenvalue weighted by atomic mass is 35.5. The van der Waals surface area contributed by atoms with Crippen molar-refractivity contribution in [1.82, 2.24) is 20.2 Å². The number of likely N-dealkylation sites (tertiary alicyclic amines) is 1. The van der Waals surface area contributed by atoms with Gasteiger partial charge in [-0.1, -0.05) is 65.7 Å². The highest BCUT2D eigenvalue weighted by Gasteiger charge is 2.28. The lowest BCUT2D eigenvalue weighted by Crippen LogP contribution is -2.50. The fourth-order valence-corrected chi connectivity index (χ4v) is 6.66. The maximum Gasteiger partial charge on any atom is 0.317 e. The van der Waals surface area contributed by atoms with Gasteiger partial charge in [0.15, 0.2) is 0 Å². The van der Waals surface area contributed by atoms with Crippen LogP contribution in [0.15, 0.2) is 54.7 Å². The Morgan fingerprint density at radius 1 is 1.00 bits per heavy atom. The Kier molecular flexibility index (Phi) is 8.75. The smallest absolute Gasteiger partial charge is 0.317 e. The van der Waals surface area contributed by atoms with E-state index in [1.54, 1.807) is 20.4 Å². The number of fused-ring (bicyclic) bond motifs is 1. The van der Waals surface area contributed by atoms with E-state index in [0.29, 0.717) is 65.4 Å². The van der Waals surface area contributed by atoms with E-state index in [4.69, 9.17) is 42.8 Å². The number of aliphatic hydroxyl groups is 1. The molecule has 0 spiro atoms. The molecule has 0 amide bonds. The van der Waals surface area contributed by atoms with Crippen molar-refractivity contribution in [3.05, 3.63) is 81.6 Å². The molecular weight excluding hydrogens is 603 g/mol. The lowest BCUT2D eigenvalue weighted by atomic mass is 9.95. The lowest BCUT2D eigenvalue weighted by Gasteiger charge is -2.35. The van der Waals surface area contributed by atoms with Gasteiger partial charge in [0.25, 0.3) is 0 Å². The summed E-state index contributed by atoms with van der Waals surface area (Å²) in [4.78, 5) is 22.5. The molecule has 0 bridgehead atoms. The summed E-state index contributed by atoms with van der Waals surface area (Å²) >= 11 is 14.1. The number of nitrogens with zero attached hydrogens (tertiary/aromatic N) is 3. The van der Waals surface area contributed by atoms with Gasteiger partial charge in [-0.2, -0.15) is 0 Å². The number of aliphatic hydroxyl groups excluding tert-OH is 1. The first-order valence-electron chi connectivity index (χ1n) is 14.3. The van der Waals surface area contributed by atoms with E-state index in [1.165, 1.54) is 0 Å². The molecule has 1 aliphatic carbocycles. The number of benzene rings is 3. The van der Waals surface area contributed by atoms with Gasteiger partial charge in [0.1, 0.15) is 11.4 Å². The van der Waals surface area contributed by atoms with Crippen LogP contribution >= 0.6 is 23.2 Å². The number of aliphatic carboxylic acids is 1. The molecule has 1 aromatic heterocycles. The number of methoxy groups -OCH3 is 2. The zero-order valence-corrected chi connectivity index (χ0v) is 25.8. The molecule has 1 fully saturated rings. The fraction of sp³-hybridized carbons (Fsp3) is 0.303. The molecule has 0 saturated carbocycles. The van der Waals surface area contributed by atoms with E-state index in [9.17, 15) is 9.90 Å². The molecule has 2 heterocycles. The average Bonchev–Trinajstić information content (AvgIpc) is 3.42. The van der Waals surface area contributed by atoms with E-state index >= 15 is 0 Å². The fourth-order valence-electron chi connectivity index (χ4n) is 6.00. The molecule has 44 heavy (non-hydrogen) atoms. The van der Waals surface area contributed by atoms with Crippen LogP contribution in [0.1, 0.15) is 16.8 Å². The van der Waals surface area contributed by atoms with Crippen LogP contribution < -0.4 is 14.8 Å². The predicted molar refractivity (Wildman–Crippen MR) is 170 cm³/mol. The van der Waals surface area contributed by atoms with Crippen LogP contribution in [0.25, 0.3) is 33.5 Å². The van der Waals surface area contributed by atoms with Crippen molar-refractivity contribution in [2.75, 3.05) is 33.9 Å². The van der Waals surface area contributed by atoms with Crippen molar-refractivity contribution in [3.8, 4) is 45.1 Å². The third kappa shape index (κ3) is 5.98. The van der Waals surface area contributed by atoms with Crippen molar-refractivity contribution in [2.45, 2.75) is 31.5 Å². The molecule has 3 aromatic carbocycles. The minimum atomic E-state index is -0.883. The van der Waals surface area contributed by atoms with E-state index in [2.05, 4.69) is 21.3 Å². The summed E-state index contributed by atoms with van der Waals surface area (Å²) in [6.07, 6.45) is 2.77. The molecule has 4 aromatic rings. The number of hydrogen-bond acceptors (Lipinski definition) is 8. The number of β-amino-alcohol motifs (C(OH)–C–C–N with tert-alkyl or cyclic N) is 1. The Labute approximate surface area is 265 Å². The van der Waals surface area contributed by atoms with Gasteiger partial charge < -0.3 is 25.0 Å². The molecule has 11 heteroatoms. The third-order valence-electron chi connectivity index (χ3n) is 8.17. The van der Waals surface area contributed by atoms with Crippen LogP contribution in [0.5, 0.6) is 11.6 Å². The van der Waals surface area contributed by atoms with Crippen molar-refractivity contribution in [3.63, 3.8) is 0 Å². The Balaban J connectivity index is 1.32. The molecule has 3 N–H and O–H groups in total. The van der Waals surface area contributed by atoms with Crippen LogP contribution in [-0.2, 0) is 24.2 Å². The molecule has 6 rings (SSSR count). The Morgan fingerprint density at radius 2 is 1.68 bits per heavy atom. The molecule has 9 nitrogen and oxygen atoms in total. The van der Waals surface area contributed by atoms with Gasteiger partial charge in [0.2, 0.25) is 5.88 Å². The van der Waals surface area contributed by atoms with Gasteiger partial charge in [0, 0.05) is 47.9 Å². The third-order valence-corrected chi connectivity index (χ3v) is 8.99. The quantitative estimate of drug-likeness (QED) is 0.218. The number of rotatable bonds is 10. The van der Waals surface area contributed by atoms with Gasteiger partial charge in [-0.3, -0.25) is 14.7 Å². The summed E-state index contributed by atoms with van der Waals surface area (Å²) in [6, 6.07) is 15.7. The number of aromatic nitrogens is 2. The van der Waals surface area contributed by atoms with Crippen LogP contribution in [0.4, 0.5) is 0 Å². The van der Waals surface area contributed by atoms with Gasteiger partial charge in [0.05, 0.1) is 48.8 Å². The van der Waals surface area contributed by atoms with Crippen LogP contribution in [0.2, 0.25) is 10.0 Å².